The first-order valence-electron chi connectivity index (χ1n) is 4.59. The van der Waals surface area contributed by atoms with Crippen molar-refractivity contribution in [2.45, 2.75) is 0 Å². The molecule has 86 valence electrons. The second-order valence-corrected chi connectivity index (χ2v) is 3.86. The number of hydrogen-bond acceptors (Lipinski definition) is 4. The van der Waals surface area contributed by atoms with Crippen molar-refractivity contribution in [2.24, 2.45) is 0 Å². The van der Waals surface area contributed by atoms with Crippen LogP contribution in [0.15, 0.2) is 22.2 Å². The summed E-state index contributed by atoms with van der Waals surface area (Å²) in [4.78, 5) is 0. The highest BCUT2D eigenvalue weighted by Crippen LogP contribution is 2.34. The van der Waals surface area contributed by atoms with Gasteiger partial charge in [0.25, 0.3) is 0 Å². The molecule has 0 saturated heterocycles. The van der Waals surface area contributed by atoms with Gasteiger partial charge in [-0.1, -0.05) is 15.9 Å². The van der Waals surface area contributed by atoms with Crippen LogP contribution in [0.3, 0.4) is 0 Å². The molecule has 0 atom stereocenters. The van der Waals surface area contributed by atoms with Crippen molar-refractivity contribution in [1.82, 2.24) is 0 Å². The topological polar surface area (TPSA) is 66.0 Å². The van der Waals surface area contributed by atoms with Gasteiger partial charge in [-0.2, -0.15) is 10.5 Å². The summed E-state index contributed by atoms with van der Waals surface area (Å²) < 4.78 is 11.0. The second kappa shape index (κ2) is 5.93. The minimum Gasteiger partial charge on any atom is -0.493 e. The molecule has 4 nitrogen and oxygen atoms in total. The number of nitriles is 2. The van der Waals surface area contributed by atoms with Gasteiger partial charge in [-0.3, -0.25) is 0 Å². The standard InChI is InChI=1S/C12H9BrN2O2/c1-16-11-4-9(3-8(6-14)7-15)10(13)5-12(11)17-2/h3-5H,1-2H3. The first kappa shape index (κ1) is 13.1. The number of hydrogen-bond donors (Lipinski definition) is 0. The molecule has 0 aliphatic carbocycles. The van der Waals surface area contributed by atoms with Gasteiger partial charge in [-0.15, -0.1) is 0 Å². The Hall–Kier alpha value is -1.98. The molecule has 0 bridgehead atoms. The third kappa shape index (κ3) is 2.99. The predicted octanol–water partition coefficient (Wildman–Crippen LogP) is 2.90. The molecule has 1 aromatic carbocycles. The molecule has 0 aliphatic heterocycles. The van der Waals surface area contributed by atoms with Gasteiger partial charge in [-0.05, 0) is 23.8 Å². The number of benzene rings is 1. The summed E-state index contributed by atoms with van der Waals surface area (Å²) in [6.45, 7) is 0. The van der Waals surface area contributed by atoms with E-state index in [4.69, 9.17) is 20.0 Å². The lowest BCUT2D eigenvalue weighted by molar-refractivity contribution is 0.354. The van der Waals surface area contributed by atoms with Crippen LogP contribution < -0.4 is 9.47 Å². The third-order valence-electron chi connectivity index (χ3n) is 2.04. The molecule has 1 rings (SSSR count). The molecule has 0 unspecified atom stereocenters. The van der Waals surface area contributed by atoms with Crippen molar-refractivity contribution in [1.29, 1.82) is 10.5 Å². The van der Waals surface area contributed by atoms with E-state index in [1.807, 2.05) is 0 Å². The van der Waals surface area contributed by atoms with Gasteiger partial charge in [0.15, 0.2) is 11.5 Å². The van der Waals surface area contributed by atoms with Crippen LogP contribution in [0, 0.1) is 22.7 Å². The quantitative estimate of drug-likeness (QED) is 0.804. The molecule has 0 amide bonds. The Kier molecular flexibility index (Phi) is 4.56. The van der Waals surface area contributed by atoms with Gasteiger partial charge in [0.2, 0.25) is 0 Å². The lowest BCUT2D eigenvalue weighted by Gasteiger charge is -2.09. The highest BCUT2D eigenvalue weighted by atomic mass is 79.9. The average Bonchev–Trinajstić information content (AvgIpc) is 2.36. The van der Waals surface area contributed by atoms with E-state index in [0.717, 1.165) is 4.47 Å². The molecule has 0 spiro atoms. The van der Waals surface area contributed by atoms with Crippen molar-refractivity contribution < 1.29 is 9.47 Å². The maximum atomic E-state index is 8.69. The van der Waals surface area contributed by atoms with E-state index in [1.54, 1.807) is 24.3 Å². The van der Waals surface area contributed by atoms with E-state index < -0.39 is 0 Å². The van der Waals surface area contributed by atoms with Crippen molar-refractivity contribution in [3.8, 4) is 23.6 Å². The Morgan fingerprint density at radius 2 is 1.71 bits per heavy atom. The molecule has 0 aromatic heterocycles. The number of ether oxygens (including phenoxy) is 2. The van der Waals surface area contributed by atoms with E-state index in [0.29, 0.717) is 17.1 Å². The summed E-state index contributed by atoms with van der Waals surface area (Å²) in [5, 5.41) is 17.4. The summed E-state index contributed by atoms with van der Waals surface area (Å²) in [5.74, 6) is 1.11. The van der Waals surface area contributed by atoms with Gasteiger partial charge in [0.05, 0.1) is 14.2 Å². The molecule has 5 heteroatoms. The maximum absolute atomic E-state index is 8.69. The maximum Gasteiger partial charge on any atom is 0.161 e. The van der Waals surface area contributed by atoms with Crippen LogP contribution in [0.2, 0.25) is 0 Å². The molecule has 0 N–H and O–H groups in total. The number of nitrogens with zero attached hydrogens (tertiary/aromatic N) is 2. The third-order valence-corrected chi connectivity index (χ3v) is 2.73. The summed E-state index contributed by atoms with van der Waals surface area (Å²) >= 11 is 3.34. The summed E-state index contributed by atoms with van der Waals surface area (Å²) in [6.07, 6.45) is 1.48. The summed E-state index contributed by atoms with van der Waals surface area (Å²) in [6, 6.07) is 7.01. The fraction of sp³-hybridized carbons (Fsp3) is 0.167. The van der Waals surface area contributed by atoms with Crippen LogP contribution >= 0.6 is 15.9 Å². The van der Waals surface area contributed by atoms with Gasteiger partial charge < -0.3 is 9.47 Å². The smallest absolute Gasteiger partial charge is 0.161 e. The zero-order valence-electron chi connectivity index (χ0n) is 9.32. The zero-order valence-corrected chi connectivity index (χ0v) is 10.9. The van der Waals surface area contributed by atoms with Gasteiger partial charge in [0.1, 0.15) is 17.7 Å². The first-order valence-corrected chi connectivity index (χ1v) is 5.39. The highest BCUT2D eigenvalue weighted by Gasteiger charge is 2.08. The molecule has 1 aromatic rings. The van der Waals surface area contributed by atoms with Crippen molar-refractivity contribution in [3.05, 3.63) is 27.7 Å². The van der Waals surface area contributed by atoms with E-state index in [-0.39, 0.29) is 5.57 Å². The molecule has 0 radical (unpaired) electrons. The number of methoxy groups -OCH3 is 2. The predicted molar refractivity (Wildman–Crippen MR) is 66.4 cm³/mol. The largest absolute Gasteiger partial charge is 0.493 e. The Morgan fingerprint density at radius 3 is 2.18 bits per heavy atom. The average molecular weight is 293 g/mol. The van der Waals surface area contributed by atoms with E-state index in [9.17, 15) is 0 Å². The molecule has 0 fully saturated rings. The minimum atomic E-state index is 0.0259. The fourth-order valence-electron chi connectivity index (χ4n) is 1.23. The summed E-state index contributed by atoms with van der Waals surface area (Å²) in [7, 11) is 3.06. The lowest BCUT2D eigenvalue weighted by Crippen LogP contribution is -1.92. The molecular weight excluding hydrogens is 284 g/mol. The molecule has 0 aliphatic rings. The van der Waals surface area contributed by atoms with Gasteiger partial charge >= 0.3 is 0 Å². The van der Waals surface area contributed by atoms with E-state index in [2.05, 4.69) is 15.9 Å². The van der Waals surface area contributed by atoms with Crippen LogP contribution in [-0.2, 0) is 0 Å². The first-order chi connectivity index (χ1) is 8.15. The van der Waals surface area contributed by atoms with Crippen LogP contribution in [0.4, 0.5) is 0 Å². The van der Waals surface area contributed by atoms with Crippen LogP contribution in [0.5, 0.6) is 11.5 Å². The Labute approximate surface area is 108 Å². The Bertz CT molecular complexity index is 523. The fourth-order valence-corrected chi connectivity index (χ4v) is 1.66. The van der Waals surface area contributed by atoms with Gasteiger partial charge in [0, 0.05) is 4.47 Å². The minimum absolute atomic E-state index is 0.0259. The van der Waals surface area contributed by atoms with Crippen LogP contribution in [-0.4, -0.2) is 14.2 Å². The number of rotatable bonds is 3. The lowest BCUT2D eigenvalue weighted by atomic mass is 10.1. The normalized spacial score (nSPS) is 8.76. The molecule has 0 heterocycles. The SMILES string of the molecule is COc1cc(Br)c(C=C(C#N)C#N)cc1OC. The van der Waals surface area contributed by atoms with Crippen LogP contribution in [0.25, 0.3) is 6.08 Å². The molecule has 17 heavy (non-hydrogen) atoms. The van der Waals surface area contributed by atoms with Crippen molar-refractivity contribution >= 4 is 22.0 Å². The molecular formula is C12H9BrN2O2. The zero-order chi connectivity index (χ0) is 12.8. The van der Waals surface area contributed by atoms with E-state index >= 15 is 0 Å². The summed E-state index contributed by atoms with van der Waals surface area (Å²) in [5.41, 5.74) is 0.707. The van der Waals surface area contributed by atoms with Crippen molar-refractivity contribution in [3.63, 3.8) is 0 Å². The Balaban J connectivity index is 3.33. The monoisotopic (exact) mass is 292 g/mol. The van der Waals surface area contributed by atoms with Crippen LogP contribution in [0.1, 0.15) is 5.56 Å². The van der Waals surface area contributed by atoms with E-state index in [1.165, 1.54) is 20.3 Å². The van der Waals surface area contributed by atoms with Crippen molar-refractivity contribution in [2.75, 3.05) is 14.2 Å². The highest BCUT2D eigenvalue weighted by molar-refractivity contribution is 9.10. The number of halogens is 1. The Morgan fingerprint density at radius 1 is 1.18 bits per heavy atom. The molecule has 0 saturated carbocycles. The second-order valence-electron chi connectivity index (χ2n) is 3.01. The van der Waals surface area contributed by atoms with Gasteiger partial charge in [-0.25, -0.2) is 0 Å². The number of allylic oxidation sites excluding steroid dienone is 1.